The van der Waals surface area contributed by atoms with Crippen LogP contribution in [0.25, 0.3) is 0 Å². The zero-order chi connectivity index (χ0) is 14.0. The van der Waals surface area contributed by atoms with E-state index in [0.29, 0.717) is 15.1 Å². The molecule has 0 spiro atoms. The fraction of sp³-hybridized carbons (Fsp3) is 0.143. The molecule has 2 rings (SSSR count). The van der Waals surface area contributed by atoms with Gasteiger partial charge in [-0.15, -0.1) is 0 Å². The summed E-state index contributed by atoms with van der Waals surface area (Å²) in [5.41, 5.74) is 0.683. The van der Waals surface area contributed by atoms with Crippen molar-refractivity contribution in [2.75, 3.05) is 7.05 Å². The summed E-state index contributed by atoms with van der Waals surface area (Å²) in [7, 11) is 1.65. The molecule has 0 radical (unpaired) electrons. The molecule has 1 N–H and O–H groups in total. The largest absolute Gasteiger partial charge is 0.309 e. The molecular weight excluding hydrogens is 336 g/mol. The lowest BCUT2D eigenvalue weighted by molar-refractivity contribution is 0.521. The van der Waals surface area contributed by atoms with Crippen LogP contribution < -0.4 is 5.32 Å². The normalized spacial score (nSPS) is 12.5. The maximum atomic E-state index is 14.0. The van der Waals surface area contributed by atoms with E-state index in [1.165, 1.54) is 12.1 Å². The van der Waals surface area contributed by atoms with E-state index in [0.717, 1.165) is 0 Å². The minimum atomic E-state index is -0.605. The lowest BCUT2D eigenvalue weighted by Crippen LogP contribution is -2.20. The van der Waals surface area contributed by atoms with E-state index in [2.05, 4.69) is 21.2 Å². The molecule has 2 aromatic rings. The molecule has 0 aliphatic carbocycles. The third kappa shape index (κ3) is 3.14. The maximum Gasteiger partial charge on any atom is 0.132 e. The topological polar surface area (TPSA) is 12.0 Å². The van der Waals surface area contributed by atoms with E-state index in [-0.39, 0.29) is 5.56 Å². The van der Waals surface area contributed by atoms with E-state index < -0.39 is 17.7 Å². The monoisotopic (exact) mass is 345 g/mol. The van der Waals surface area contributed by atoms with Gasteiger partial charge in [-0.05, 0) is 36.9 Å². The number of benzene rings is 2. The zero-order valence-corrected chi connectivity index (χ0v) is 12.4. The third-order valence-corrected chi connectivity index (χ3v) is 3.50. The van der Waals surface area contributed by atoms with E-state index in [1.54, 1.807) is 31.3 Å². The Morgan fingerprint density at radius 3 is 2.32 bits per heavy atom. The molecule has 1 nitrogen and oxygen atoms in total. The second-order valence-corrected chi connectivity index (χ2v) is 5.41. The summed E-state index contributed by atoms with van der Waals surface area (Å²) in [6.07, 6.45) is 0. The molecule has 1 atom stereocenters. The van der Waals surface area contributed by atoms with Gasteiger partial charge in [0.2, 0.25) is 0 Å². The number of hydrogen-bond acceptors (Lipinski definition) is 1. The van der Waals surface area contributed by atoms with Gasteiger partial charge in [0, 0.05) is 15.1 Å². The first-order valence-corrected chi connectivity index (χ1v) is 6.77. The molecule has 0 amide bonds. The maximum absolute atomic E-state index is 14.0. The fourth-order valence-electron chi connectivity index (χ4n) is 1.99. The molecule has 5 heteroatoms. The van der Waals surface area contributed by atoms with Gasteiger partial charge in [-0.3, -0.25) is 0 Å². The van der Waals surface area contributed by atoms with Crippen molar-refractivity contribution in [3.05, 3.63) is 68.7 Å². The number of nitrogens with one attached hydrogen (secondary N) is 1. The van der Waals surface area contributed by atoms with Crippen molar-refractivity contribution in [3.63, 3.8) is 0 Å². The van der Waals surface area contributed by atoms with Gasteiger partial charge in [-0.1, -0.05) is 39.7 Å². The average molecular weight is 347 g/mol. The minimum Gasteiger partial charge on any atom is -0.309 e. The molecule has 0 saturated heterocycles. The van der Waals surface area contributed by atoms with Crippen LogP contribution in [0.5, 0.6) is 0 Å². The quantitative estimate of drug-likeness (QED) is 0.850. The van der Waals surface area contributed by atoms with Gasteiger partial charge >= 0.3 is 0 Å². The molecule has 0 bridgehead atoms. The van der Waals surface area contributed by atoms with Gasteiger partial charge in [0.15, 0.2) is 0 Å². The molecule has 0 fully saturated rings. The average Bonchev–Trinajstić information content (AvgIpc) is 2.33. The molecule has 1 unspecified atom stereocenters. The van der Waals surface area contributed by atoms with Crippen molar-refractivity contribution in [1.29, 1.82) is 0 Å². The molecular formula is C14H11BrClF2N. The number of halogens is 4. The van der Waals surface area contributed by atoms with Gasteiger partial charge in [0.05, 0.1) is 6.04 Å². The summed E-state index contributed by atoms with van der Waals surface area (Å²) in [6, 6.07) is 8.81. The van der Waals surface area contributed by atoms with Crippen LogP contribution in [0.4, 0.5) is 8.78 Å². The van der Waals surface area contributed by atoms with Gasteiger partial charge in [0.1, 0.15) is 11.6 Å². The molecule has 0 saturated carbocycles. The Morgan fingerprint density at radius 2 is 1.79 bits per heavy atom. The van der Waals surface area contributed by atoms with Gasteiger partial charge in [-0.2, -0.15) is 0 Å². The summed E-state index contributed by atoms with van der Waals surface area (Å²) < 4.78 is 28.4. The van der Waals surface area contributed by atoms with Gasteiger partial charge < -0.3 is 5.32 Å². The third-order valence-electron chi connectivity index (χ3n) is 2.80. The van der Waals surface area contributed by atoms with Crippen molar-refractivity contribution < 1.29 is 8.78 Å². The Balaban J connectivity index is 2.54. The van der Waals surface area contributed by atoms with Crippen molar-refractivity contribution in [2.24, 2.45) is 0 Å². The predicted molar refractivity (Wildman–Crippen MR) is 76.4 cm³/mol. The van der Waals surface area contributed by atoms with Crippen LogP contribution in [-0.4, -0.2) is 7.05 Å². The van der Waals surface area contributed by atoms with E-state index in [1.807, 2.05) is 0 Å². The summed E-state index contributed by atoms with van der Waals surface area (Å²) in [4.78, 5) is 0. The number of rotatable bonds is 3. The minimum absolute atomic E-state index is 0.0204. The molecule has 2 aromatic carbocycles. The van der Waals surface area contributed by atoms with E-state index in [4.69, 9.17) is 11.6 Å². The van der Waals surface area contributed by atoms with Crippen molar-refractivity contribution in [2.45, 2.75) is 6.04 Å². The van der Waals surface area contributed by atoms with Crippen molar-refractivity contribution in [1.82, 2.24) is 5.32 Å². The van der Waals surface area contributed by atoms with Crippen LogP contribution in [0.3, 0.4) is 0 Å². The molecule has 0 heterocycles. The Bertz CT molecular complexity index is 581. The van der Waals surface area contributed by atoms with Gasteiger partial charge in [0.25, 0.3) is 0 Å². The highest BCUT2D eigenvalue weighted by atomic mass is 79.9. The van der Waals surface area contributed by atoms with Crippen LogP contribution in [0.1, 0.15) is 17.2 Å². The summed E-state index contributed by atoms with van der Waals surface area (Å²) in [6.45, 7) is 0. The fourth-order valence-corrected chi connectivity index (χ4v) is 2.59. The highest BCUT2D eigenvalue weighted by Crippen LogP contribution is 2.30. The lowest BCUT2D eigenvalue weighted by Gasteiger charge is -2.19. The summed E-state index contributed by atoms with van der Waals surface area (Å²) in [5.74, 6) is -1.21. The van der Waals surface area contributed by atoms with Crippen molar-refractivity contribution in [3.8, 4) is 0 Å². The summed E-state index contributed by atoms with van der Waals surface area (Å²) in [5, 5.41) is 3.43. The van der Waals surface area contributed by atoms with Crippen LogP contribution in [-0.2, 0) is 0 Å². The number of hydrogen-bond donors (Lipinski definition) is 1. The SMILES string of the molecule is CNC(c1cccc(Cl)c1)c1c(F)cc(Br)cc1F. The highest BCUT2D eigenvalue weighted by Gasteiger charge is 2.21. The second kappa shape index (κ2) is 5.99. The first-order chi connectivity index (χ1) is 9.02. The predicted octanol–water partition coefficient (Wildman–Crippen LogP) is 4.69. The standard InChI is InChI=1S/C14H11BrClF2N/c1-19-14(8-3-2-4-10(16)5-8)13-11(17)6-9(15)7-12(13)18/h2-7,14,19H,1H3. The second-order valence-electron chi connectivity index (χ2n) is 4.06. The van der Waals surface area contributed by atoms with Crippen LogP contribution in [0, 0.1) is 11.6 Å². The van der Waals surface area contributed by atoms with Crippen LogP contribution >= 0.6 is 27.5 Å². The highest BCUT2D eigenvalue weighted by molar-refractivity contribution is 9.10. The lowest BCUT2D eigenvalue weighted by atomic mass is 9.98. The molecule has 0 aliphatic heterocycles. The Hall–Kier alpha value is -0.970. The van der Waals surface area contributed by atoms with Gasteiger partial charge in [-0.25, -0.2) is 8.78 Å². The first kappa shape index (κ1) is 14.4. The Kier molecular flexibility index (Phi) is 4.55. The zero-order valence-electron chi connectivity index (χ0n) is 10.1. The molecule has 0 aromatic heterocycles. The Labute approximate surface area is 123 Å². The molecule has 0 aliphatic rings. The van der Waals surface area contributed by atoms with E-state index >= 15 is 0 Å². The van der Waals surface area contributed by atoms with Crippen molar-refractivity contribution >= 4 is 27.5 Å². The Morgan fingerprint density at radius 1 is 1.16 bits per heavy atom. The van der Waals surface area contributed by atoms with Crippen LogP contribution in [0.2, 0.25) is 5.02 Å². The summed E-state index contributed by atoms with van der Waals surface area (Å²) >= 11 is 8.98. The molecule has 19 heavy (non-hydrogen) atoms. The first-order valence-electron chi connectivity index (χ1n) is 5.60. The molecule has 100 valence electrons. The van der Waals surface area contributed by atoms with E-state index in [9.17, 15) is 8.78 Å². The van der Waals surface area contributed by atoms with Crippen LogP contribution in [0.15, 0.2) is 40.9 Å². The smallest absolute Gasteiger partial charge is 0.132 e.